The number of amides is 1. The van der Waals surface area contributed by atoms with Gasteiger partial charge in [0.1, 0.15) is 0 Å². The Kier molecular flexibility index (Phi) is 5.70. The minimum Gasteiger partial charge on any atom is -0.465 e. The maximum Gasteiger partial charge on any atom is 0.337 e. The van der Waals surface area contributed by atoms with Crippen LogP contribution in [0.2, 0.25) is 0 Å². The first kappa shape index (κ1) is 16.2. The van der Waals surface area contributed by atoms with E-state index in [0.717, 1.165) is 5.56 Å². The average molecular weight is 278 g/mol. The predicted molar refractivity (Wildman–Crippen MR) is 78.6 cm³/mol. The minimum absolute atomic E-state index is 0.215. The van der Waals surface area contributed by atoms with Crippen LogP contribution in [-0.4, -0.2) is 25.0 Å². The van der Waals surface area contributed by atoms with Crippen molar-refractivity contribution in [1.29, 1.82) is 0 Å². The maximum atomic E-state index is 11.9. The Balaban J connectivity index is 2.78. The van der Waals surface area contributed by atoms with E-state index in [1.54, 1.807) is 18.2 Å². The summed E-state index contributed by atoms with van der Waals surface area (Å²) in [4.78, 5) is 23.3. The lowest BCUT2D eigenvalue weighted by molar-refractivity contribution is -0.117. The molecular formula is C15H22N2O3. The molecule has 1 atom stereocenters. The van der Waals surface area contributed by atoms with Crippen LogP contribution in [0.5, 0.6) is 0 Å². The van der Waals surface area contributed by atoms with E-state index in [1.807, 2.05) is 20.8 Å². The molecule has 5 nitrogen and oxygen atoms in total. The molecule has 0 aliphatic heterocycles. The van der Waals surface area contributed by atoms with Crippen LogP contribution in [0.3, 0.4) is 0 Å². The highest BCUT2D eigenvalue weighted by molar-refractivity contribution is 5.96. The molecule has 1 amide bonds. The molecule has 1 aromatic carbocycles. The van der Waals surface area contributed by atoms with E-state index < -0.39 is 12.0 Å². The lowest BCUT2D eigenvalue weighted by Crippen LogP contribution is -2.36. The van der Waals surface area contributed by atoms with Crippen molar-refractivity contribution in [2.75, 3.05) is 12.4 Å². The standard InChI is InChI=1S/C15H22N2O3/c1-9(2)7-12(16)14(18)17-13-6-5-11(8-10(13)3)15(19)20-4/h5-6,8-9,12H,7,16H2,1-4H3,(H,17,18). The number of anilines is 1. The maximum absolute atomic E-state index is 11.9. The van der Waals surface area contributed by atoms with Gasteiger partial charge in [-0.1, -0.05) is 13.8 Å². The lowest BCUT2D eigenvalue weighted by atomic mass is 10.0. The molecule has 1 aromatic rings. The molecule has 0 aromatic heterocycles. The second kappa shape index (κ2) is 7.05. The van der Waals surface area contributed by atoms with Gasteiger partial charge < -0.3 is 15.8 Å². The van der Waals surface area contributed by atoms with E-state index in [4.69, 9.17) is 5.73 Å². The first-order valence-corrected chi connectivity index (χ1v) is 6.60. The Hall–Kier alpha value is -1.88. The summed E-state index contributed by atoms with van der Waals surface area (Å²) in [6.07, 6.45) is 0.630. The monoisotopic (exact) mass is 278 g/mol. The largest absolute Gasteiger partial charge is 0.465 e. The van der Waals surface area contributed by atoms with Crippen molar-refractivity contribution in [2.45, 2.75) is 33.2 Å². The summed E-state index contributed by atoms with van der Waals surface area (Å²) in [5.74, 6) is -0.256. The van der Waals surface area contributed by atoms with Gasteiger partial charge in [0.05, 0.1) is 18.7 Å². The molecule has 20 heavy (non-hydrogen) atoms. The highest BCUT2D eigenvalue weighted by Gasteiger charge is 2.16. The molecule has 5 heteroatoms. The Morgan fingerprint density at radius 2 is 2.00 bits per heavy atom. The van der Waals surface area contributed by atoms with Crippen molar-refractivity contribution in [2.24, 2.45) is 11.7 Å². The number of nitrogens with one attached hydrogen (secondary N) is 1. The van der Waals surface area contributed by atoms with Crippen LogP contribution in [-0.2, 0) is 9.53 Å². The number of nitrogens with two attached hydrogens (primary N) is 1. The molecule has 0 saturated heterocycles. The fourth-order valence-electron chi connectivity index (χ4n) is 1.89. The highest BCUT2D eigenvalue weighted by atomic mass is 16.5. The van der Waals surface area contributed by atoms with Crippen LogP contribution >= 0.6 is 0 Å². The van der Waals surface area contributed by atoms with Crippen LogP contribution in [0.25, 0.3) is 0 Å². The van der Waals surface area contributed by atoms with E-state index in [0.29, 0.717) is 23.6 Å². The lowest BCUT2D eigenvalue weighted by Gasteiger charge is -2.15. The number of aryl methyl sites for hydroxylation is 1. The molecule has 1 unspecified atom stereocenters. The van der Waals surface area contributed by atoms with Gasteiger partial charge in [-0.05, 0) is 43.0 Å². The molecule has 0 spiro atoms. The molecule has 0 fully saturated rings. The number of esters is 1. The number of hydrogen-bond donors (Lipinski definition) is 2. The van der Waals surface area contributed by atoms with Gasteiger partial charge in [-0.3, -0.25) is 4.79 Å². The number of carbonyl (C=O) groups is 2. The quantitative estimate of drug-likeness (QED) is 0.808. The van der Waals surface area contributed by atoms with Gasteiger partial charge in [0.25, 0.3) is 0 Å². The Labute approximate surface area is 119 Å². The Morgan fingerprint density at radius 3 is 2.50 bits per heavy atom. The van der Waals surface area contributed by atoms with E-state index in [-0.39, 0.29) is 5.91 Å². The number of carbonyl (C=O) groups excluding carboxylic acids is 2. The van der Waals surface area contributed by atoms with E-state index >= 15 is 0 Å². The van der Waals surface area contributed by atoms with Crippen LogP contribution in [0, 0.1) is 12.8 Å². The van der Waals surface area contributed by atoms with Crippen LogP contribution in [0.15, 0.2) is 18.2 Å². The summed E-state index contributed by atoms with van der Waals surface area (Å²) < 4.78 is 4.65. The predicted octanol–water partition coefficient (Wildman–Crippen LogP) is 2.09. The fraction of sp³-hybridized carbons (Fsp3) is 0.467. The van der Waals surface area contributed by atoms with Crippen molar-refractivity contribution in [1.82, 2.24) is 0 Å². The second-order valence-electron chi connectivity index (χ2n) is 5.25. The molecule has 0 heterocycles. The third-order valence-electron chi connectivity index (χ3n) is 2.97. The summed E-state index contributed by atoms with van der Waals surface area (Å²) in [6.45, 7) is 5.85. The summed E-state index contributed by atoms with van der Waals surface area (Å²) in [7, 11) is 1.33. The van der Waals surface area contributed by atoms with Gasteiger partial charge >= 0.3 is 5.97 Å². The zero-order chi connectivity index (χ0) is 15.3. The smallest absolute Gasteiger partial charge is 0.337 e. The molecular weight excluding hydrogens is 256 g/mol. The summed E-state index contributed by atoms with van der Waals surface area (Å²) in [6, 6.07) is 4.44. The van der Waals surface area contributed by atoms with Gasteiger partial charge in [-0.25, -0.2) is 4.79 Å². The SMILES string of the molecule is COC(=O)c1ccc(NC(=O)C(N)CC(C)C)c(C)c1. The Bertz CT molecular complexity index is 498. The normalized spacial score (nSPS) is 12.1. The van der Waals surface area contributed by atoms with Crippen molar-refractivity contribution >= 4 is 17.6 Å². The summed E-state index contributed by atoms with van der Waals surface area (Å²) in [5.41, 5.74) is 7.73. The minimum atomic E-state index is -0.533. The van der Waals surface area contributed by atoms with Crippen molar-refractivity contribution < 1.29 is 14.3 Å². The average Bonchev–Trinajstić information content (AvgIpc) is 2.39. The zero-order valence-corrected chi connectivity index (χ0v) is 12.4. The van der Waals surface area contributed by atoms with Gasteiger partial charge in [0.2, 0.25) is 5.91 Å². The molecule has 0 aliphatic rings. The van der Waals surface area contributed by atoms with Gasteiger partial charge in [-0.2, -0.15) is 0 Å². The summed E-state index contributed by atoms with van der Waals surface area (Å²) in [5, 5.41) is 2.78. The molecule has 0 aliphatic carbocycles. The van der Waals surface area contributed by atoms with Crippen molar-refractivity contribution in [3.63, 3.8) is 0 Å². The van der Waals surface area contributed by atoms with Gasteiger partial charge in [-0.15, -0.1) is 0 Å². The van der Waals surface area contributed by atoms with E-state index in [9.17, 15) is 9.59 Å². The highest BCUT2D eigenvalue weighted by Crippen LogP contribution is 2.18. The fourth-order valence-corrected chi connectivity index (χ4v) is 1.89. The number of rotatable bonds is 5. The Morgan fingerprint density at radius 1 is 1.35 bits per heavy atom. The van der Waals surface area contributed by atoms with Crippen LogP contribution in [0.4, 0.5) is 5.69 Å². The first-order valence-electron chi connectivity index (χ1n) is 6.60. The second-order valence-corrected chi connectivity index (χ2v) is 5.25. The number of hydrogen-bond acceptors (Lipinski definition) is 4. The zero-order valence-electron chi connectivity index (χ0n) is 12.4. The van der Waals surface area contributed by atoms with Crippen molar-refractivity contribution in [3.8, 4) is 0 Å². The topological polar surface area (TPSA) is 81.4 Å². The first-order chi connectivity index (χ1) is 9.35. The van der Waals surface area contributed by atoms with Crippen LogP contribution in [0.1, 0.15) is 36.2 Å². The number of benzene rings is 1. The molecule has 0 radical (unpaired) electrons. The summed E-state index contributed by atoms with van der Waals surface area (Å²) >= 11 is 0. The third-order valence-corrected chi connectivity index (χ3v) is 2.97. The molecule has 3 N–H and O–H groups in total. The van der Waals surface area contributed by atoms with Gasteiger partial charge in [0, 0.05) is 5.69 Å². The van der Waals surface area contributed by atoms with E-state index in [2.05, 4.69) is 10.1 Å². The molecule has 0 saturated carbocycles. The van der Waals surface area contributed by atoms with E-state index in [1.165, 1.54) is 7.11 Å². The molecule has 0 bridgehead atoms. The van der Waals surface area contributed by atoms with Crippen molar-refractivity contribution in [3.05, 3.63) is 29.3 Å². The molecule has 1 rings (SSSR count). The molecule has 110 valence electrons. The third kappa shape index (κ3) is 4.35. The van der Waals surface area contributed by atoms with Crippen LogP contribution < -0.4 is 11.1 Å². The number of ether oxygens (including phenoxy) is 1. The number of methoxy groups -OCH3 is 1. The van der Waals surface area contributed by atoms with Gasteiger partial charge in [0.15, 0.2) is 0 Å².